The fraction of sp³-hybridized carbons (Fsp3) is 0.312. The highest BCUT2D eigenvalue weighted by Crippen LogP contribution is 2.40. The van der Waals surface area contributed by atoms with Gasteiger partial charge in [0.25, 0.3) is 11.7 Å². The standard InChI is InChI=1S/C32H35NO6/c1-6-16-39-25-13-11-24(18-21(25)3)30(34)28-29(23-9-7-8-20(2)17-23)33(32(36)31(28)35)15-14-22-10-12-26(37-4)27(19-22)38-5/h7-13,17-19,29,34H,6,14-16H2,1-5H3/b30-28-. The lowest BCUT2D eigenvalue weighted by atomic mass is 9.94. The number of hydrogen-bond acceptors (Lipinski definition) is 6. The Bertz CT molecular complexity index is 1410. The molecule has 0 aliphatic carbocycles. The predicted molar refractivity (Wildman–Crippen MR) is 150 cm³/mol. The maximum absolute atomic E-state index is 13.4. The van der Waals surface area contributed by atoms with Crippen LogP contribution < -0.4 is 14.2 Å². The minimum Gasteiger partial charge on any atom is -0.507 e. The summed E-state index contributed by atoms with van der Waals surface area (Å²) in [6.45, 7) is 6.74. The summed E-state index contributed by atoms with van der Waals surface area (Å²) in [5.41, 5.74) is 4.07. The monoisotopic (exact) mass is 529 g/mol. The van der Waals surface area contributed by atoms with Crippen molar-refractivity contribution in [2.75, 3.05) is 27.4 Å². The number of likely N-dealkylation sites (tertiary alicyclic amines) is 1. The average Bonchev–Trinajstić information content (AvgIpc) is 3.19. The number of nitrogens with zero attached hydrogens (tertiary/aromatic N) is 1. The van der Waals surface area contributed by atoms with Crippen LogP contribution in [0.2, 0.25) is 0 Å². The third kappa shape index (κ3) is 5.77. The molecule has 1 N–H and O–H groups in total. The summed E-state index contributed by atoms with van der Waals surface area (Å²) in [4.78, 5) is 28.3. The summed E-state index contributed by atoms with van der Waals surface area (Å²) in [7, 11) is 3.15. The van der Waals surface area contributed by atoms with Crippen LogP contribution in [0.3, 0.4) is 0 Å². The van der Waals surface area contributed by atoms with Gasteiger partial charge in [0.2, 0.25) is 0 Å². The van der Waals surface area contributed by atoms with Crippen molar-refractivity contribution in [1.82, 2.24) is 4.90 Å². The molecule has 4 rings (SSSR count). The van der Waals surface area contributed by atoms with Crippen LogP contribution in [0.1, 0.15) is 47.2 Å². The Balaban J connectivity index is 1.73. The molecule has 1 unspecified atom stereocenters. The first-order chi connectivity index (χ1) is 18.8. The number of aliphatic hydroxyl groups excluding tert-OH is 1. The molecule has 39 heavy (non-hydrogen) atoms. The number of aryl methyl sites for hydroxylation is 2. The summed E-state index contributed by atoms with van der Waals surface area (Å²) in [5, 5.41) is 11.4. The fourth-order valence-electron chi connectivity index (χ4n) is 4.91. The van der Waals surface area contributed by atoms with Crippen LogP contribution >= 0.6 is 0 Å². The smallest absolute Gasteiger partial charge is 0.295 e. The molecule has 1 aliphatic heterocycles. The highest BCUT2D eigenvalue weighted by Gasteiger charge is 2.45. The quantitative estimate of drug-likeness (QED) is 0.204. The molecule has 7 heteroatoms. The Hall–Kier alpha value is -4.26. The summed E-state index contributed by atoms with van der Waals surface area (Å²) in [6.07, 6.45) is 1.36. The molecule has 0 radical (unpaired) electrons. The zero-order valence-electron chi connectivity index (χ0n) is 23.1. The zero-order valence-corrected chi connectivity index (χ0v) is 23.1. The van der Waals surface area contributed by atoms with Gasteiger partial charge in [0.1, 0.15) is 11.5 Å². The molecule has 7 nitrogen and oxygen atoms in total. The van der Waals surface area contributed by atoms with Gasteiger partial charge < -0.3 is 24.2 Å². The van der Waals surface area contributed by atoms with Gasteiger partial charge in [-0.05, 0) is 73.7 Å². The molecule has 1 atom stereocenters. The summed E-state index contributed by atoms with van der Waals surface area (Å²) in [6, 6.07) is 17.8. The van der Waals surface area contributed by atoms with E-state index in [0.717, 1.165) is 34.4 Å². The molecule has 1 aliphatic rings. The second-order valence-electron chi connectivity index (χ2n) is 9.67. The van der Waals surface area contributed by atoms with Gasteiger partial charge in [-0.2, -0.15) is 0 Å². The molecule has 0 saturated carbocycles. The molecule has 3 aromatic rings. The largest absolute Gasteiger partial charge is 0.507 e. The molecular formula is C32H35NO6. The molecule has 0 bridgehead atoms. The fourth-order valence-corrected chi connectivity index (χ4v) is 4.91. The average molecular weight is 530 g/mol. The Morgan fingerprint density at radius 1 is 0.923 bits per heavy atom. The Morgan fingerprint density at radius 2 is 1.67 bits per heavy atom. The van der Waals surface area contributed by atoms with E-state index in [1.54, 1.807) is 37.3 Å². The minimum atomic E-state index is -0.721. The van der Waals surface area contributed by atoms with Crippen LogP contribution in [-0.4, -0.2) is 49.1 Å². The normalized spacial score (nSPS) is 16.4. The van der Waals surface area contributed by atoms with Crippen molar-refractivity contribution in [3.63, 3.8) is 0 Å². The van der Waals surface area contributed by atoms with Gasteiger partial charge in [-0.3, -0.25) is 9.59 Å². The van der Waals surface area contributed by atoms with Crippen molar-refractivity contribution in [3.05, 3.63) is 94.1 Å². The SMILES string of the molecule is CCCOc1ccc(/C(O)=C2/C(=O)C(=O)N(CCc3ccc(OC)c(OC)c3)C2c2cccc(C)c2)cc1C. The van der Waals surface area contributed by atoms with Gasteiger partial charge in [-0.15, -0.1) is 0 Å². The predicted octanol–water partition coefficient (Wildman–Crippen LogP) is 5.77. The Kier molecular flexibility index (Phi) is 8.59. The molecule has 204 valence electrons. The van der Waals surface area contributed by atoms with E-state index in [1.165, 1.54) is 0 Å². The lowest BCUT2D eigenvalue weighted by Gasteiger charge is -2.26. The van der Waals surface area contributed by atoms with Crippen LogP contribution in [0.4, 0.5) is 0 Å². The molecule has 1 fully saturated rings. The topological polar surface area (TPSA) is 85.3 Å². The first-order valence-corrected chi connectivity index (χ1v) is 13.1. The third-order valence-electron chi connectivity index (χ3n) is 6.90. The van der Waals surface area contributed by atoms with Crippen molar-refractivity contribution in [1.29, 1.82) is 0 Å². The van der Waals surface area contributed by atoms with Crippen LogP contribution in [0.5, 0.6) is 17.2 Å². The number of Topliss-reactive ketones (excluding diaryl/α,β-unsaturated/α-hetero) is 1. The highest BCUT2D eigenvalue weighted by molar-refractivity contribution is 6.46. The van der Waals surface area contributed by atoms with Gasteiger partial charge in [0.15, 0.2) is 11.5 Å². The van der Waals surface area contributed by atoms with E-state index in [0.29, 0.717) is 30.1 Å². The summed E-state index contributed by atoms with van der Waals surface area (Å²) in [5.74, 6) is 0.396. The zero-order chi connectivity index (χ0) is 28.1. The van der Waals surface area contributed by atoms with Gasteiger partial charge in [-0.1, -0.05) is 42.8 Å². The van der Waals surface area contributed by atoms with Crippen molar-refractivity contribution < 1.29 is 28.9 Å². The second kappa shape index (κ2) is 12.1. The van der Waals surface area contributed by atoms with Crippen molar-refractivity contribution in [2.45, 2.75) is 39.7 Å². The van der Waals surface area contributed by atoms with Gasteiger partial charge in [0.05, 0.1) is 32.4 Å². The minimum absolute atomic E-state index is 0.0829. The number of ketones is 1. The molecule has 1 heterocycles. The number of amides is 1. The number of ether oxygens (including phenoxy) is 3. The van der Waals surface area contributed by atoms with Crippen LogP contribution in [0.25, 0.3) is 5.76 Å². The van der Waals surface area contributed by atoms with E-state index in [4.69, 9.17) is 14.2 Å². The number of methoxy groups -OCH3 is 2. The van der Waals surface area contributed by atoms with Gasteiger partial charge in [0, 0.05) is 12.1 Å². The Morgan fingerprint density at radius 3 is 2.33 bits per heavy atom. The molecule has 1 amide bonds. The van der Waals surface area contributed by atoms with E-state index >= 15 is 0 Å². The lowest BCUT2D eigenvalue weighted by Crippen LogP contribution is -2.31. The summed E-state index contributed by atoms with van der Waals surface area (Å²) < 4.78 is 16.5. The van der Waals surface area contributed by atoms with Crippen molar-refractivity contribution >= 4 is 17.4 Å². The highest BCUT2D eigenvalue weighted by atomic mass is 16.5. The number of rotatable bonds is 10. The van der Waals surface area contributed by atoms with E-state index in [2.05, 4.69) is 0 Å². The Labute approximate surface area is 229 Å². The van der Waals surface area contributed by atoms with Crippen molar-refractivity contribution in [2.24, 2.45) is 0 Å². The molecular weight excluding hydrogens is 494 g/mol. The second-order valence-corrected chi connectivity index (χ2v) is 9.67. The number of aliphatic hydroxyl groups is 1. The first-order valence-electron chi connectivity index (χ1n) is 13.1. The maximum Gasteiger partial charge on any atom is 0.295 e. The lowest BCUT2D eigenvalue weighted by molar-refractivity contribution is -0.139. The summed E-state index contributed by atoms with van der Waals surface area (Å²) >= 11 is 0. The first kappa shape index (κ1) is 27.8. The van der Waals surface area contributed by atoms with E-state index in [1.807, 2.05) is 63.2 Å². The molecule has 1 saturated heterocycles. The van der Waals surface area contributed by atoms with Gasteiger partial charge in [-0.25, -0.2) is 0 Å². The molecule has 0 spiro atoms. The van der Waals surface area contributed by atoms with Crippen LogP contribution in [0, 0.1) is 13.8 Å². The number of carbonyl (C=O) groups excluding carboxylic acids is 2. The number of benzene rings is 3. The van der Waals surface area contributed by atoms with Gasteiger partial charge >= 0.3 is 0 Å². The number of carbonyl (C=O) groups is 2. The number of hydrogen-bond donors (Lipinski definition) is 1. The van der Waals surface area contributed by atoms with Crippen molar-refractivity contribution in [3.8, 4) is 17.2 Å². The van der Waals surface area contributed by atoms with E-state index in [-0.39, 0.29) is 17.9 Å². The van der Waals surface area contributed by atoms with Crippen LogP contribution in [0.15, 0.2) is 66.2 Å². The van der Waals surface area contributed by atoms with E-state index < -0.39 is 17.7 Å². The maximum atomic E-state index is 13.4. The molecule has 3 aromatic carbocycles. The molecule has 0 aromatic heterocycles. The van der Waals surface area contributed by atoms with E-state index in [9.17, 15) is 14.7 Å². The van der Waals surface area contributed by atoms with Crippen LogP contribution in [-0.2, 0) is 16.0 Å². The third-order valence-corrected chi connectivity index (χ3v) is 6.90.